The highest BCUT2D eigenvalue weighted by atomic mass is 35.5. The van der Waals surface area contributed by atoms with Gasteiger partial charge >= 0.3 is 0 Å². The van der Waals surface area contributed by atoms with E-state index < -0.39 is 47.4 Å². The number of benzene rings is 1. The number of aromatic hydroxyl groups is 1. The molecule has 1 aromatic carbocycles. The van der Waals surface area contributed by atoms with Crippen molar-refractivity contribution in [2.24, 2.45) is 11.8 Å². The summed E-state index contributed by atoms with van der Waals surface area (Å²) >= 11 is 5.86. The van der Waals surface area contributed by atoms with Gasteiger partial charge in [-0.2, -0.15) is 0 Å². The number of fused-ring (bicyclic) bond motifs is 6. The third-order valence-corrected chi connectivity index (χ3v) is 8.51. The Bertz CT molecular complexity index is 1380. The van der Waals surface area contributed by atoms with E-state index in [2.05, 4.69) is 0 Å². The van der Waals surface area contributed by atoms with Gasteiger partial charge in [-0.15, -0.1) is 0 Å². The summed E-state index contributed by atoms with van der Waals surface area (Å²) < 4.78 is 29.2. The first-order valence-electron chi connectivity index (χ1n) is 12.0. The van der Waals surface area contributed by atoms with Gasteiger partial charge in [0.05, 0.1) is 23.7 Å². The SMILES string of the molecule is O=C1c2c(c3n(c(=O)c2O)[C@@]2(CC[C@H]4C[C@H]42)N(CC(F)CO)C3=O)CCN1Cc1ccc(F)c(Cl)c1. The lowest BCUT2D eigenvalue weighted by Crippen LogP contribution is -2.52. The molecule has 2 saturated carbocycles. The number of aliphatic hydroxyl groups excluding tert-OH is 1. The zero-order valence-electron chi connectivity index (χ0n) is 19.2. The molecule has 0 saturated heterocycles. The van der Waals surface area contributed by atoms with Gasteiger partial charge in [0.15, 0.2) is 5.75 Å². The van der Waals surface area contributed by atoms with Crippen molar-refractivity contribution < 1.29 is 28.6 Å². The average molecular weight is 520 g/mol. The number of alkyl halides is 1. The Balaban J connectivity index is 1.44. The average Bonchev–Trinajstić information content (AvgIpc) is 3.50. The molecule has 190 valence electrons. The maximum absolute atomic E-state index is 14.4. The minimum absolute atomic E-state index is 0.0308. The fraction of sp³-hybridized carbons (Fsp3) is 0.480. The zero-order chi connectivity index (χ0) is 25.5. The van der Waals surface area contributed by atoms with Crippen molar-refractivity contribution in [3.05, 3.63) is 61.8 Å². The molecule has 11 heteroatoms. The normalized spacial score (nSPS) is 26.9. The molecule has 2 aromatic rings. The Kier molecular flexibility index (Phi) is 5.21. The molecular formula is C25H24ClF2N3O5. The number of hydrogen-bond donors (Lipinski definition) is 2. The van der Waals surface area contributed by atoms with Crippen molar-refractivity contribution in [2.75, 3.05) is 19.7 Å². The third kappa shape index (κ3) is 3.10. The van der Waals surface area contributed by atoms with Crippen LogP contribution in [0.1, 0.15) is 51.2 Å². The Morgan fingerprint density at radius 2 is 2.00 bits per heavy atom. The lowest BCUT2D eigenvalue weighted by molar-refractivity contribution is 0.00752. The van der Waals surface area contributed by atoms with Crippen LogP contribution in [0.15, 0.2) is 23.0 Å². The summed E-state index contributed by atoms with van der Waals surface area (Å²) in [6.07, 6.45) is 0.514. The topological polar surface area (TPSA) is 103 Å². The Labute approximate surface area is 209 Å². The van der Waals surface area contributed by atoms with E-state index in [0.717, 1.165) is 12.8 Å². The molecule has 4 aliphatic rings. The second kappa shape index (κ2) is 8.01. The van der Waals surface area contributed by atoms with Gasteiger partial charge in [-0.05, 0) is 49.3 Å². The number of carbonyl (C=O) groups excluding carboxylic acids is 2. The summed E-state index contributed by atoms with van der Waals surface area (Å²) in [5.74, 6) is -2.22. The maximum Gasteiger partial charge on any atom is 0.296 e. The van der Waals surface area contributed by atoms with Crippen LogP contribution in [0.5, 0.6) is 5.75 Å². The summed E-state index contributed by atoms with van der Waals surface area (Å²) in [5.41, 5.74) is -1.28. The molecule has 2 aliphatic heterocycles. The van der Waals surface area contributed by atoms with Crippen molar-refractivity contribution in [1.29, 1.82) is 0 Å². The van der Waals surface area contributed by atoms with Gasteiger partial charge in [-0.25, -0.2) is 8.78 Å². The van der Waals surface area contributed by atoms with E-state index in [-0.39, 0.29) is 53.8 Å². The van der Waals surface area contributed by atoms with Gasteiger partial charge in [0.2, 0.25) is 0 Å². The van der Waals surface area contributed by atoms with Crippen LogP contribution in [-0.2, 0) is 18.6 Å². The molecule has 2 amide bonds. The zero-order valence-corrected chi connectivity index (χ0v) is 20.0. The molecule has 2 fully saturated rings. The Morgan fingerprint density at radius 3 is 2.64 bits per heavy atom. The number of pyridine rings is 1. The highest BCUT2D eigenvalue weighted by Gasteiger charge is 2.67. The summed E-state index contributed by atoms with van der Waals surface area (Å²) in [6.45, 7) is -0.867. The van der Waals surface area contributed by atoms with E-state index in [9.17, 15) is 33.4 Å². The third-order valence-electron chi connectivity index (χ3n) is 8.22. The molecule has 1 aromatic heterocycles. The number of halogens is 3. The molecule has 1 unspecified atom stereocenters. The van der Waals surface area contributed by atoms with Crippen LogP contribution in [0.4, 0.5) is 8.78 Å². The molecule has 6 rings (SSSR count). The molecule has 0 radical (unpaired) electrons. The van der Waals surface area contributed by atoms with Crippen LogP contribution in [-0.4, -0.2) is 62.3 Å². The number of hydrogen-bond acceptors (Lipinski definition) is 5. The predicted octanol–water partition coefficient (Wildman–Crippen LogP) is 2.41. The fourth-order valence-electron chi connectivity index (χ4n) is 6.54. The summed E-state index contributed by atoms with van der Waals surface area (Å²) in [4.78, 5) is 43.5. The molecule has 0 bridgehead atoms. The van der Waals surface area contributed by atoms with Gasteiger partial charge in [0.25, 0.3) is 17.4 Å². The van der Waals surface area contributed by atoms with Crippen molar-refractivity contribution in [2.45, 2.75) is 44.1 Å². The van der Waals surface area contributed by atoms with Crippen LogP contribution in [0.3, 0.4) is 0 Å². The molecule has 2 N–H and O–H groups in total. The molecule has 1 spiro atoms. The number of nitrogens with zero attached hydrogens (tertiary/aromatic N) is 3. The maximum atomic E-state index is 14.4. The van der Waals surface area contributed by atoms with Crippen LogP contribution in [0.2, 0.25) is 5.02 Å². The van der Waals surface area contributed by atoms with E-state index in [1.54, 1.807) is 0 Å². The van der Waals surface area contributed by atoms with Gasteiger partial charge in [-0.1, -0.05) is 17.7 Å². The van der Waals surface area contributed by atoms with E-state index in [0.29, 0.717) is 17.9 Å². The first-order chi connectivity index (χ1) is 17.2. The van der Waals surface area contributed by atoms with Gasteiger partial charge in [-0.3, -0.25) is 19.0 Å². The minimum Gasteiger partial charge on any atom is -0.502 e. The van der Waals surface area contributed by atoms with Crippen molar-refractivity contribution >= 4 is 23.4 Å². The quantitative estimate of drug-likeness (QED) is 0.631. The van der Waals surface area contributed by atoms with E-state index in [1.807, 2.05) is 0 Å². The number of rotatable bonds is 5. The predicted molar refractivity (Wildman–Crippen MR) is 124 cm³/mol. The minimum atomic E-state index is -1.68. The largest absolute Gasteiger partial charge is 0.502 e. The molecular weight excluding hydrogens is 496 g/mol. The van der Waals surface area contributed by atoms with E-state index >= 15 is 0 Å². The fourth-order valence-corrected chi connectivity index (χ4v) is 6.75. The molecule has 4 atom stereocenters. The standard InChI is InChI=1S/C25H24ClF2N3O5/c26-17-7-12(1-2-18(17)28)9-29-6-4-15-19(22(29)34)21(33)24(36)31-20(15)23(35)30(10-14(27)11-32)25(31)5-3-13-8-16(13)25/h1-2,7,13-14,16,32-33H,3-6,8-11H2/t13-,14?,16+,25+/m0/s1. The van der Waals surface area contributed by atoms with Crippen LogP contribution < -0.4 is 5.56 Å². The highest BCUT2D eigenvalue weighted by molar-refractivity contribution is 6.30. The molecule has 8 nitrogen and oxygen atoms in total. The second-order valence-electron chi connectivity index (χ2n) is 10.1. The van der Waals surface area contributed by atoms with Gasteiger partial charge in [0, 0.05) is 24.6 Å². The smallest absolute Gasteiger partial charge is 0.296 e. The number of carbonyl (C=O) groups is 2. The molecule has 36 heavy (non-hydrogen) atoms. The van der Waals surface area contributed by atoms with Crippen LogP contribution >= 0.6 is 11.6 Å². The van der Waals surface area contributed by atoms with Crippen molar-refractivity contribution in [3.63, 3.8) is 0 Å². The number of amides is 2. The lowest BCUT2D eigenvalue weighted by atomic mass is 9.95. The monoisotopic (exact) mass is 519 g/mol. The van der Waals surface area contributed by atoms with E-state index in [4.69, 9.17) is 11.6 Å². The van der Waals surface area contributed by atoms with Crippen LogP contribution in [0.25, 0.3) is 0 Å². The highest BCUT2D eigenvalue weighted by Crippen LogP contribution is 2.64. The molecule has 3 heterocycles. The van der Waals surface area contributed by atoms with Gasteiger partial charge in [0.1, 0.15) is 23.3 Å². The lowest BCUT2D eigenvalue weighted by Gasteiger charge is -2.38. The van der Waals surface area contributed by atoms with Gasteiger partial charge < -0.3 is 20.0 Å². The first-order valence-corrected chi connectivity index (χ1v) is 12.4. The Hall–Kier alpha value is -2.98. The first kappa shape index (κ1) is 23.4. The van der Waals surface area contributed by atoms with Crippen LogP contribution in [0, 0.1) is 17.7 Å². The van der Waals surface area contributed by atoms with E-state index in [1.165, 1.54) is 32.6 Å². The summed E-state index contributed by atoms with van der Waals surface area (Å²) in [6, 6.07) is 4.09. The number of aliphatic hydroxyl groups is 1. The summed E-state index contributed by atoms with van der Waals surface area (Å²) in [7, 11) is 0. The van der Waals surface area contributed by atoms with Crippen molar-refractivity contribution in [1.82, 2.24) is 14.4 Å². The van der Waals surface area contributed by atoms with Crippen molar-refractivity contribution in [3.8, 4) is 5.75 Å². The Morgan fingerprint density at radius 1 is 1.22 bits per heavy atom. The number of aromatic nitrogens is 1. The molecule has 2 aliphatic carbocycles. The summed E-state index contributed by atoms with van der Waals surface area (Å²) in [5, 5.41) is 20.2. The second-order valence-corrected chi connectivity index (χ2v) is 10.5.